The van der Waals surface area contributed by atoms with E-state index in [2.05, 4.69) is 15.5 Å². The van der Waals surface area contributed by atoms with Gasteiger partial charge in [0, 0.05) is 13.1 Å². The predicted octanol–water partition coefficient (Wildman–Crippen LogP) is 3.61. The maximum absolute atomic E-state index is 13.0. The number of hydrogen-bond acceptors (Lipinski definition) is 3. The molecule has 148 valence electrons. The molecule has 2 aromatic carbocycles. The van der Waals surface area contributed by atoms with E-state index in [0.717, 1.165) is 30.0 Å². The fourth-order valence-electron chi connectivity index (χ4n) is 3.56. The minimum atomic E-state index is -0.581. The van der Waals surface area contributed by atoms with E-state index in [0.29, 0.717) is 0 Å². The molecule has 0 aromatic heterocycles. The number of amides is 2. The highest BCUT2D eigenvalue weighted by Gasteiger charge is 2.25. The van der Waals surface area contributed by atoms with Crippen LogP contribution in [-0.2, 0) is 16.0 Å². The van der Waals surface area contributed by atoms with Gasteiger partial charge in [-0.3, -0.25) is 9.59 Å². The molecule has 0 bridgehead atoms. The molecule has 0 radical (unpaired) electrons. The Bertz CT molecular complexity index is 799. The van der Waals surface area contributed by atoms with Crippen LogP contribution in [0, 0.1) is 5.92 Å². The smallest absolute Gasteiger partial charge is 0.247 e. The minimum absolute atomic E-state index is 0.0151. The summed E-state index contributed by atoms with van der Waals surface area (Å²) < 4.78 is 0. The summed E-state index contributed by atoms with van der Waals surface area (Å²) in [7, 11) is 0. The van der Waals surface area contributed by atoms with E-state index in [4.69, 9.17) is 0 Å². The minimum Gasteiger partial charge on any atom is -0.370 e. The lowest BCUT2D eigenvalue weighted by molar-refractivity contribution is -0.127. The number of carbonyl (C=O) groups excluding carboxylic acids is 2. The number of rotatable bonds is 7. The van der Waals surface area contributed by atoms with Crippen LogP contribution in [0.3, 0.4) is 0 Å². The summed E-state index contributed by atoms with van der Waals surface area (Å²) in [4.78, 5) is 27.7. The van der Waals surface area contributed by atoms with Crippen molar-refractivity contribution in [2.75, 3.05) is 23.3 Å². The Balaban J connectivity index is 1.67. The molecule has 2 aromatic rings. The summed E-state index contributed by atoms with van der Waals surface area (Å²) in [6.45, 7) is 5.90. The van der Waals surface area contributed by atoms with E-state index in [1.54, 1.807) is 0 Å². The standard InChI is InChI=1S/C23H29N3O2/c1-17(2)22(25-21(27)16-18-10-4-3-5-11-18)23(28)24-19-12-6-7-13-20(19)26-14-8-9-15-26/h3-7,10-13,17,22H,8-9,14-16H2,1-2H3,(H,24,28)(H,25,27)/t22-/m1/s1. The fourth-order valence-corrected chi connectivity index (χ4v) is 3.56. The van der Waals surface area contributed by atoms with Crippen molar-refractivity contribution in [2.24, 2.45) is 5.92 Å². The second kappa shape index (κ2) is 9.40. The number of hydrogen-bond donors (Lipinski definition) is 2. The molecular weight excluding hydrogens is 350 g/mol. The van der Waals surface area contributed by atoms with E-state index in [9.17, 15) is 9.59 Å². The lowest BCUT2D eigenvalue weighted by Gasteiger charge is -2.25. The zero-order valence-corrected chi connectivity index (χ0v) is 16.7. The molecule has 1 fully saturated rings. The largest absolute Gasteiger partial charge is 0.370 e. The van der Waals surface area contributed by atoms with Crippen LogP contribution in [0.5, 0.6) is 0 Å². The molecule has 0 spiro atoms. The molecule has 0 saturated carbocycles. The van der Waals surface area contributed by atoms with Gasteiger partial charge >= 0.3 is 0 Å². The van der Waals surface area contributed by atoms with E-state index in [1.165, 1.54) is 12.8 Å². The van der Waals surface area contributed by atoms with Crippen LogP contribution in [0.25, 0.3) is 0 Å². The van der Waals surface area contributed by atoms with Crippen molar-refractivity contribution < 1.29 is 9.59 Å². The predicted molar refractivity (Wildman–Crippen MR) is 113 cm³/mol. The SMILES string of the molecule is CC(C)[C@@H](NC(=O)Cc1ccccc1)C(=O)Nc1ccccc1N1CCCC1. The average molecular weight is 380 g/mol. The topological polar surface area (TPSA) is 61.4 Å². The number of nitrogens with zero attached hydrogens (tertiary/aromatic N) is 1. The van der Waals surface area contributed by atoms with E-state index in [-0.39, 0.29) is 24.2 Å². The number of anilines is 2. The van der Waals surface area contributed by atoms with Crippen LogP contribution in [0.1, 0.15) is 32.3 Å². The van der Waals surface area contributed by atoms with E-state index in [1.807, 2.05) is 68.4 Å². The fraction of sp³-hybridized carbons (Fsp3) is 0.391. The van der Waals surface area contributed by atoms with Gasteiger partial charge in [0.25, 0.3) is 0 Å². The maximum atomic E-state index is 13.0. The van der Waals surface area contributed by atoms with Gasteiger partial charge in [-0.15, -0.1) is 0 Å². The van der Waals surface area contributed by atoms with Gasteiger partial charge < -0.3 is 15.5 Å². The van der Waals surface area contributed by atoms with Gasteiger partial charge in [0.15, 0.2) is 0 Å². The summed E-state index contributed by atoms with van der Waals surface area (Å²) in [5.41, 5.74) is 2.78. The average Bonchev–Trinajstić information content (AvgIpc) is 3.21. The van der Waals surface area contributed by atoms with Gasteiger partial charge in [-0.05, 0) is 36.5 Å². The first-order valence-corrected chi connectivity index (χ1v) is 10.0. The molecule has 2 N–H and O–H groups in total. The molecule has 3 rings (SSSR count). The van der Waals surface area contributed by atoms with Crippen LogP contribution in [-0.4, -0.2) is 30.9 Å². The van der Waals surface area contributed by atoms with Crippen molar-refractivity contribution in [3.05, 3.63) is 60.2 Å². The van der Waals surface area contributed by atoms with Crippen molar-refractivity contribution in [3.8, 4) is 0 Å². The quantitative estimate of drug-likeness (QED) is 0.773. The van der Waals surface area contributed by atoms with E-state index >= 15 is 0 Å². The third-order valence-corrected chi connectivity index (χ3v) is 5.08. The van der Waals surface area contributed by atoms with Crippen molar-refractivity contribution in [1.29, 1.82) is 0 Å². The van der Waals surface area contributed by atoms with Crippen LogP contribution >= 0.6 is 0 Å². The Kier molecular flexibility index (Phi) is 6.69. The second-order valence-electron chi connectivity index (χ2n) is 7.65. The first-order chi connectivity index (χ1) is 13.5. The van der Waals surface area contributed by atoms with Crippen molar-refractivity contribution in [2.45, 2.75) is 39.2 Å². The first-order valence-electron chi connectivity index (χ1n) is 10.0. The Morgan fingerprint density at radius 3 is 2.29 bits per heavy atom. The zero-order valence-electron chi connectivity index (χ0n) is 16.7. The summed E-state index contributed by atoms with van der Waals surface area (Å²) in [5.74, 6) is -0.338. The molecule has 0 unspecified atom stereocenters. The summed E-state index contributed by atoms with van der Waals surface area (Å²) in [6, 6.07) is 16.9. The number of benzene rings is 2. The van der Waals surface area contributed by atoms with Crippen molar-refractivity contribution in [3.63, 3.8) is 0 Å². The number of carbonyl (C=O) groups is 2. The monoisotopic (exact) mass is 379 g/mol. The molecule has 1 atom stereocenters. The Morgan fingerprint density at radius 1 is 0.964 bits per heavy atom. The molecule has 1 aliphatic rings. The third kappa shape index (κ3) is 5.12. The summed E-state index contributed by atoms with van der Waals surface area (Å²) in [6.07, 6.45) is 2.61. The van der Waals surface area contributed by atoms with Gasteiger partial charge in [-0.2, -0.15) is 0 Å². The highest BCUT2D eigenvalue weighted by molar-refractivity contribution is 5.99. The lowest BCUT2D eigenvalue weighted by Crippen LogP contribution is -2.47. The van der Waals surface area contributed by atoms with Crippen LogP contribution in [0.4, 0.5) is 11.4 Å². The highest BCUT2D eigenvalue weighted by Crippen LogP contribution is 2.28. The van der Waals surface area contributed by atoms with Crippen molar-refractivity contribution in [1.82, 2.24) is 5.32 Å². The lowest BCUT2D eigenvalue weighted by atomic mass is 10.0. The summed E-state index contributed by atoms with van der Waals surface area (Å²) in [5, 5.41) is 5.95. The Hall–Kier alpha value is -2.82. The molecule has 5 nitrogen and oxygen atoms in total. The molecule has 28 heavy (non-hydrogen) atoms. The summed E-state index contributed by atoms with van der Waals surface area (Å²) >= 11 is 0. The normalized spacial score (nSPS) is 14.8. The molecule has 5 heteroatoms. The molecule has 1 aliphatic heterocycles. The van der Waals surface area contributed by atoms with Crippen LogP contribution < -0.4 is 15.5 Å². The van der Waals surface area contributed by atoms with Crippen LogP contribution in [0.15, 0.2) is 54.6 Å². The van der Waals surface area contributed by atoms with E-state index < -0.39 is 6.04 Å². The molecule has 0 aliphatic carbocycles. The maximum Gasteiger partial charge on any atom is 0.247 e. The first kappa shape index (κ1) is 19.9. The molecule has 2 amide bonds. The highest BCUT2D eigenvalue weighted by atomic mass is 16.2. The Morgan fingerprint density at radius 2 is 1.61 bits per heavy atom. The second-order valence-corrected chi connectivity index (χ2v) is 7.65. The zero-order chi connectivity index (χ0) is 19.9. The molecule has 1 saturated heterocycles. The third-order valence-electron chi connectivity index (χ3n) is 5.08. The van der Waals surface area contributed by atoms with Crippen molar-refractivity contribution >= 4 is 23.2 Å². The van der Waals surface area contributed by atoms with Gasteiger partial charge in [-0.1, -0.05) is 56.3 Å². The number of para-hydroxylation sites is 2. The molecular formula is C23H29N3O2. The van der Waals surface area contributed by atoms with Gasteiger partial charge in [-0.25, -0.2) is 0 Å². The number of nitrogens with one attached hydrogen (secondary N) is 2. The van der Waals surface area contributed by atoms with Gasteiger partial charge in [0.05, 0.1) is 17.8 Å². The van der Waals surface area contributed by atoms with Crippen LogP contribution in [0.2, 0.25) is 0 Å². The van der Waals surface area contributed by atoms with Gasteiger partial charge in [0.2, 0.25) is 11.8 Å². The Labute approximate surface area is 167 Å². The molecule has 1 heterocycles. The van der Waals surface area contributed by atoms with Gasteiger partial charge in [0.1, 0.15) is 6.04 Å².